The van der Waals surface area contributed by atoms with E-state index in [2.05, 4.69) is 5.32 Å². The molecule has 1 aromatic carbocycles. The average molecular weight is 432 g/mol. The Hall–Kier alpha value is -1.35. The van der Waals surface area contributed by atoms with Crippen LogP contribution in [0.5, 0.6) is 5.75 Å². The van der Waals surface area contributed by atoms with Crippen LogP contribution in [0.4, 0.5) is 5.69 Å². The number of nitrogens with two attached hydrogens (primary N) is 1. The van der Waals surface area contributed by atoms with Crippen molar-refractivity contribution in [1.29, 1.82) is 0 Å². The Morgan fingerprint density at radius 1 is 1.25 bits per heavy atom. The van der Waals surface area contributed by atoms with Gasteiger partial charge in [0.15, 0.2) is 0 Å². The van der Waals surface area contributed by atoms with Crippen LogP contribution in [-0.2, 0) is 14.8 Å². The lowest BCUT2D eigenvalue weighted by molar-refractivity contribution is -0.119. The molecule has 7 nitrogen and oxygen atoms in total. The number of benzene rings is 1. The van der Waals surface area contributed by atoms with Crippen LogP contribution in [0.2, 0.25) is 0 Å². The number of hydrogen-bond donors (Lipinski definition) is 2. The molecule has 2 unspecified atom stereocenters. The standard InChI is InChI=1S/C19H29N3O4S.ClH/c1-2-26-17-9-8-16(21-19(23)14-6-7-15(20)12-14)13-18(17)27(24,25)22-10-4-3-5-11-22;/h8-9,13-15H,2-7,10-12,20H2,1H3,(H,21,23);1H. The number of sulfonamides is 1. The number of anilines is 1. The van der Waals surface area contributed by atoms with E-state index < -0.39 is 10.0 Å². The largest absolute Gasteiger partial charge is 0.492 e. The maximum atomic E-state index is 13.1. The van der Waals surface area contributed by atoms with Crippen molar-refractivity contribution >= 4 is 34.0 Å². The monoisotopic (exact) mass is 431 g/mol. The van der Waals surface area contributed by atoms with Gasteiger partial charge in [-0.3, -0.25) is 4.79 Å². The van der Waals surface area contributed by atoms with Gasteiger partial charge in [-0.2, -0.15) is 4.31 Å². The molecule has 3 N–H and O–H groups in total. The molecule has 1 aromatic rings. The zero-order valence-corrected chi connectivity index (χ0v) is 17.9. The van der Waals surface area contributed by atoms with E-state index in [4.69, 9.17) is 10.5 Å². The summed E-state index contributed by atoms with van der Waals surface area (Å²) in [5, 5.41) is 2.86. The summed E-state index contributed by atoms with van der Waals surface area (Å²) < 4.78 is 33.3. The van der Waals surface area contributed by atoms with Crippen molar-refractivity contribution in [3.63, 3.8) is 0 Å². The van der Waals surface area contributed by atoms with Crippen LogP contribution in [0.15, 0.2) is 23.1 Å². The van der Waals surface area contributed by atoms with Gasteiger partial charge in [-0.15, -0.1) is 12.4 Å². The molecule has 0 aromatic heterocycles. The smallest absolute Gasteiger partial charge is 0.246 e. The molecule has 158 valence electrons. The summed E-state index contributed by atoms with van der Waals surface area (Å²) in [6.07, 6.45) is 5.05. The quantitative estimate of drug-likeness (QED) is 0.721. The Balaban J connectivity index is 0.00000280. The fourth-order valence-corrected chi connectivity index (χ4v) is 5.48. The normalized spacial score (nSPS) is 23.1. The lowest BCUT2D eigenvalue weighted by atomic mass is 10.1. The second-order valence-electron chi connectivity index (χ2n) is 7.32. The Kier molecular flexibility index (Phi) is 8.12. The first kappa shape index (κ1) is 22.9. The summed E-state index contributed by atoms with van der Waals surface area (Å²) in [4.78, 5) is 12.6. The molecule has 0 spiro atoms. The summed E-state index contributed by atoms with van der Waals surface area (Å²) in [6.45, 7) is 3.22. The van der Waals surface area contributed by atoms with Crippen molar-refractivity contribution in [2.24, 2.45) is 11.7 Å². The van der Waals surface area contributed by atoms with Crippen molar-refractivity contribution in [2.45, 2.75) is 56.4 Å². The van der Waals surface area contributed by atoms with E-state index in [0.29, 0.717) is 37.6 Å². The first-order chi connectivity index (χ1) is 12.9. The molecule has 1 amide bonds. The zero-order chi connectivity index (χ0) is 19.4. The van der Waals surface area contributed by atoms with Gasteiger partial charge in [0.05, 0.1) is 6.61 Å². The predicted octanol–water partition coefficient (Wildman–Crippen LogP) is 2.75. The molecular weight excluding hydrogens is 402 g/mol. The molecule has 9 heteroatoms. The third kappa shape index (κ3) is 5.17. The average Bonchev–Trinajstić information content (AvgIpc) is 3.10. The lowest BCUT2D eigenvalue weighted by Crippen LogP contribution is -2.35. The summed E-state index contributed by atoms with van der Waals surface area (Å²) in [5.74, 6) is 0.103. The lowest BCUT2D eigenvalue weighted by Gasteiger charge is -2.27. The Morgan fingerprint density at radius 3 is 2.57 bits per heavy atom. The summed E-state index contributed by atoms with van der Waals surface area (Å²) >= 11 is 0. The molecule has 2 fully saturated rings. The number of carbonyl (C=O) groups is 1. The van der Waals surface area contributed by atoms with Gasteiger partial charge in [-0.1, -0.05) is 6.42 Å². The number of ether oxygens (including phenoxy) is 1. The van der Waals surface area contributed by atoms with Gasteiger partial charge in [0.2, 0.25) is 15.9 Å². The number of nitrogens with one attached hydrogen (secondary N) is 1. The molecule has 0 radical (unpaired) electrons. The molecule has 0 bridgehead atoms. The van der Waals surface area contributed by atoms with Crippen LogP contribution in [0.25, 0.3) is 0 Å². The van der Waals surface area contributed by atoms with Crippen LogP contribution in [0, 0.1) is 5.92 Å². The van der Waals surface area contributed by atoms with Gasteiger partial charge < -0.3 is 15.8 Å². The van der Waals surface area contributed by atoms with Crippen molar-refractivity contribution in [3.05, 3.63) is 18.2 Å². The summed E-state index contributed by atoms with van der Waals surface area (Å²) in [7, 11) is -3.66. The zero-order valence-electron chi connectivity index (χ0n) is 16.2. The first-order valence-electron chi connectivity index (χ1n) is 9.75. The molecule has 1 saturated carbocycles. The van der Waals surface area contributed by atoms with Gasteiger partial charge in [0, 0.05) is 30.7 Å². The van der Waals surface area contributed by atoms with E-state index in [1.165, 1.54) is 10.4 Å². The maximum Gasteiger partial charge on any atom is 0.246 e. The van der Waals surface area contributed by atoms with Gasteiger partial charge in [-0.25, -0.2) is 8.42 Å². The highest BCUT2D eigenvalue weighted by Gasteiger charge is 2.31. The number of amides is 1. The van der Waals surface area contributed by atoms with Crippen LogP contribution in [-0.4, -0.2) is 44.4 Å². The van der Waals surface area contributed by atoms with Crippen LogP contribution >= 0.6 is 12.4 Å². The number of carbonyl (C=O) groups excluding carboxylic acids is 1. The Labute approximate surface area is 173 Å². The molecule has 1 aliphatic heterocycles. The van der Waals surface area contributed by atoms with E-state index in [-0.39, 0.29) is 35.2 Å². The second-order valence-corrected chi connectivity index (χ2v) is 9.22. The number of nitrogens with zero attached hydrogens (tertiary/aromatic N) is 1. The minimum Gasteiger partial charge on any atom is -0.492 e. The van der Waals surface area contributed by atoms with Crippen LogP contribution in [0.1, 0.15) is 45.4 Å². The minimum atomic E-state index is -3.66. The van der Waals surface area contributed by atoms with Gasteiger partial charge in [-0.05, 0) is 57.2 Å². The fourth-order valence-electron chi connectivity index (χ4n) is 3.81. The van der Waals surface area contributed by atoms with E-state index in [1.54, 1.807) is 12.1 Å². The van der Waals surface area contributed by atoms with E-state index >= 15 is 0 Å². The van der Waals surface area contributed by atoms with Crippen LogP contribution < -0.4 is 15.8 Å². The molecule has 1 saturated heterocycles. The number of hydrogen-bond acceptors (Lipinski definition) is 5. The minimum absolute atomic E-state index is 0. The topological polar surface area (TPSA) is 102 Å². The number of rotatable bonds is 6. The van der Waals surface area contributed by atoms with Crippen molar-refractivity contribution in [1.82, 2.24) is 4.31 Å². The second kappa shape index (κ2) is 9.91. The molecule has 1 aliphatic carbocycles. The molecule has 2 atom stereocenters. The van der Waals surface area contributed by atoms with Crippen LogP contribution in [0.3, 0.4) is 0 Å². The number of halogens is 1. The highest BCUT2D eigenvalue weighted by atomic mass is 35.5. The van der Waals surface area contributed by atoms with E-state index in [0.717, 1.165) is 32.1 Å². The molecular formula is C19H30ClN3O4S. The molecule has 2 aliphatic rings. The predicted molar refractivity (Wildman–Crippen MR) is 111 cm³/mol. The Bertz CT molecular complexity index is 781. The van der Waals surface area contributed by atoms with Crippen molar-refractivity contribution in [2.75, 3.05) is 25.0 Å². The maximum absolute atomic E-state index is 13.1. The number of piperidine rings is 1. The first-order valence-corrected chi connectivity index (χ1v) is 11.2. The SMILES string of the molecule is CCOc1ccc(NC(=O)C2CCC(N)C2)cc1S(=O)(=O)N1CCCCC1.Cl. The summed E-state index contributed by atoms with van der Waals surface area (Å²) in [5.41, 5.74) is 6.36. The molecule has 3 rings (SSSR count). The van der Waals surface area contributed by atoms with Crippen molar-refractivity contribution in [3.8, 4) is 5.75 Å². The fraction of sp³-hybridized carbons (Fsp3) is 0.632. The van der Waals surface area contributed by atoms with E-state index in [1.807, 2.05) is 6.92 Å². The van der Waals surface area contributed by atoms with E-state index in [9.17, 15) is 13.2 Å². The van der Waals surface area contributed by atoms with Gasteiger partial charge >= 0.3 is 0 Å². The highest BCUT2D eigenvalue weighted by molar-refractivity contribution is 7.89. The third-order valence-electron chi connectivity index (χ3n) is 5.29. The highest BCUT2D eigenvalue weighted by Crippen LogP contribution is 2.32. The molecule has 1 heterocycles. The van der Waals surface area contributed by atoms with Gasteiger partial charge in [0.25, 0.3) is 0 Å². The Morgan fingerprint density at radius 2 is 1.96 bits per heavy atom. The molecule has 28 heavy (non-hydrogen) atoms. The third-order valence-corrected chi connectivity index (χ3v) is 7.21. The van der Waals surface area contributed by atoms with Crippen molar-refractivity contribution < 1.29 is 17.9 Å². The summed E-state index contributed by atoms with van der Waals surface area (Å²) in [6, 6.07) is 4.89. The van der Waals surface area contributed by atoms with Gasteiger partial charge in [0.1, 0.15) is 10.6 Å².